The van der Waals surface area contributed by atoms with Gasteiger partial charge >= 0.3 is 0 Å². The zero-order valence-corrected chi connectivity index (χ0v) is 13.1. The van der Waals surface area contributed by atoms with Crippen LogP contribution in [0.15, 0.2) is 49.2 Å². The molecule has 0 aliphatic rings. The molecule has 0 fully saturated rings. The van der Waals surface area contributed by atoms with Gasteiger partial charge in [-0.15, -0.1) is 6.58 Å². The highest BCUT2D eigenvalue weighted by molar-refractivity contribution is 5.94. The molecule has 0 atom stereocenters. The van der Waals surface area contributed by atoms with E-state index in [1.54, 1.807) is 38.5 Å². The van der Waals surface area contributed by atoms with Crippen LogP contribution in [0.25, 0.3) is 0 Å². The molecule has 0 bridgehead atoms. The van der Waals surface area contributed by atoms with Crippen LogP contribution in [0, 0.1) is 0 Å². The molecule has 0 aliphatic heterocycles. The smallest absolute Gasteiger partial charge is 0.253 e. The van der Waals surface area contributed by atoms with E-state index in [-0.39, 0.29) is 5.91 Å². The van der Waals surface area contributed by atoms with Gasteiger partial charge < -0.3 is 20.1 Å². The molecule has 1 aromatic heterocycles. The summed E-state index contributed by atoms with van der Waals surface area (Å²) in [6.07, 6.45) is 3.13. The molecule has 6 heteroatoms. The summed E-state index contributed by atoms with van der Waals surface area (Å²) in [5.74, 6) is 1.77. The number of carbonyl (C=O) groups excluding carboxylic acids is 1. The molecule has 23 heavy (non-hydrogen) atoms. The van der Waals surface area contributed by atoms with Gasteiger partial charge in [0.15, 0.2) is 0 Å². The van der Waals surface area contributed by atoms with Gasteiger partial charge in [0.05, 0.1) is 25.5 Å². The number of pyridine rings is 1. The van der Waals surface area contributed by atoms with Crippen molar-refractivity contribution in [2.75, 3.05) is 26.1 Å². The molecule has 2 aromatic rings. The Balaban J connectivity index is 2.14. The molecule has 2 N–H and O–H groups in total. The van der Waals surface area contributed by atoms with Crippen LogP contribution in [0.3, 0.4) is 0 Å². The monoisotopic (exact) mass is 313 g/mol. The first kappa shape index (κ1) is 16.4. The van der Waals surface area contributed by atoms with Crippen LogP contribution in [0.2, 0.25) is 0 Å². The van der Waals surface area contributed by atoms with E-state index in [4.69, 9.17) is 9.47 Å². The average molecular weight is 313 g/mol. The molecule has 0 unspecified atom stereocenters. The number of aromatic nitrogens is 1. The maximum absolute atomic E-state index is 11.8. The number of rotatable bonds is 7. The molecule has 1 amide bonds. The number of nitrogens with one attached hydrogen (secondary N) is 2. The summed E-state index contributed by atoms with van der Waals surface area (Å²) in [5, 5.41) is 5.84. The molecule has 2 rings (SSSR count). The Bertz CT molecular complexity index is 684. The number of hydrogen-bond donors (Lipinski definition) is 2. The normalized spacial score (nSPS) is 9.83. The van der Waals surface area contributed by atoms with E-state index in [1.165, 1.54) is 6.20 Å². The lowest BCUT2D eigenvalue weighted by Gasteiger charge is -2.12. The van der Waals surface area contributed by atoms with Crippen LogP contribution < -0.4 is 20.1 Å². The van der Waals surface area contributed by atoms with E-state index in [0.717, 1.165) is 5.69 Å². The molecule has 0 aliphatic carbocycles. The third-order valence-corrected chi connectivity index (χ3v) is 3.10. The van der Waals surface area contributed by atoms with Crippen molar-refractivity contribution in [1.82, 2.24) is 10.3 Å². The number of amides is 1. The second-order valence-electron chi connectivity index (χ2n) is 4.62. The van der Waals surface area contributed by atoms with Gasteiger partial charge in [0.1, 0.15) is 17.3 Å². The van der Waals surface area contributed by atoms with Crippen molar-refractivity contribution in [3.05, 3.63) is 54.7 Å². The number of hydrogen-bond acceptors (Lipinski definition) is 5. The maximum Gasteiger partial charge on any atom is 0.253 e. The Labute approximate surface area is 135 Å². The van der Waals surface area contributed by atoms with Crippen LogP contribution in [-0.4, -0.2) is 31.7 Å². The summed E-state index contributed by atoms with van der Waals surface area (Å²) in [4.78, 5) is 16.0. The van der Waals surface area contributed by atoms with E-state index in [0.29, 0.717) is 29.4 Å². The number of nitrogens with zero attached hydrogens (tertiary/aromatic N) is 1. The van der Waals surface area contributed by atoms with Gasteiger partial charge in [-0.1, -0.05) is 6.08 Å². The fourth-order valence-electron chi connectivity index (χ4n) is 1.92. The first-order valence-corrected chi connectivity index (χ1v) is 7.02. The van der Waals surface area contributed by atoms with Crippen LogP contribution >= 0.6 is 0 Å². The summed E-state index contributed by atoms with van der Waals surface area (Å²) in [5.41, 5.74) is 1.21. The van der Waals surface area contributed by atoms with E-state index >= 15 is 0 Å². The van der Waals surface area contributed by atoms with Gasteiger partial charge in [0, 0.05) is 18.8 Å². The van der Waals surface area contributed by atoms with Gasteiger partial charge in [-0.3, -0.25) is 4.79 Å². The Morgan fingerprint density at radius 2 is 2.09 bits per heavy atom. The quantitative estimate of drug-likeness (QED) is 0.769. The third-order valence-electron chi connectivity index (χ3n) is 3.10. The number of benzene rings is 1. The minimum atomic E-state index is -0.192. The van der Waals surface area contributed by atoms with Crippen molar-refractivity contribution in [3.8, 4) is 11.5 Å². The van der Waals surface area contributed by atoms with E-state index in [2.05, 4.69) is 22.2 Å². The summed E-state index contributed by atoms with van der Waals surface area (Å²) < 4.78 is 10.5. The summed E-state index contributed by atoms with van der Waals surface area (Å²) in [6, 6.07) is 8.84. The SMILES string of the molecule is C=CCNC(=O)c1ccc(Nc2cc(OC)ccc2OC)nc1. The first-order valence-electron chi connectivity index (χ1n) is 7.02. The van der Waals surface area contributed by atoms with Crippen molar-refractivity contribution in [2.24, 2.45) is 0 Å². The average Bonchev–Trinajstić information content (AvgIpc) is 2.60. The van der Waals surface area contributed by atoms with Gasteiger partial charge in [0.25, 0.3) is 5.91 Å². The Hall–Kier alpha value is -3.02. The third kappa shape index (κ3) is 4.23. The molecular formula is C17H19N3O3. The lowest BCUT2D eigenvalue weighted by molar-refractivity contribution is 0.0957. The molecule has 0 radical (unpaired) electrons. The zero-order valence-electron chi connectivity index (χ0n) is 13.1. The summed E-state index contributed by atoms with van der Waals surface area (Å²) >= 11 is 0. The minimum absolute atomic E-state index is 0.192. The predicted molar refractivity (Wildman–Crippen MR) is 89.6 cm³/mol. The molecule has 6 nitrogen and oxygen atoms in total. The molecule has 1 aromatic carbocycles. The lowest BCUT2D eigenvalue weighted by Crippen LogP contribution is -2.23. The zero-order chi connectivity index (χ0) is 16.7. The summed E-state index contributed by atoms with van der Waals surface area (Å²) in [6.45, 7) is 3.97. The van der Waals surface area contributed by atoms with Crippen molar-refractivity contribution < 1.29 is 14.3 Å². The fourth-order valence-corrected chi connectivity index (χ4v) is 1.92. The molecular weight excluding hydrogens is 294 g/mol. The topological polar surface area (TPSA) is 72.5 Å². The van der Waals surface area contributed by atoms with Crippen LogP contribution in [-0.2, 0) is 0 Å². The van der Waals surface area contributed by atoms with E-state index in [9.17, 15) is 4.79 Å². The van der Waals surface area contributed by atoms with Gasteiger partial charge in [-0.25, -0.2) is 4.98 Å². The Kier molecular flexibility index (Phi) is 5.57. The summed E-state index contributed by atoms with van der Waals surface area (Å²) in [7, 11) is 3.19. The van der Waals surface area contributed by atoms with Crippen LogP contribution in [0.5, 0.6) is 11.5 Å². The number of carbonyl (C=O) groups is 1. The highest BCUT2D eigenvalue weighted by atomic mass is 16.5. The minimum Gasteiger partial charge on any atom is -0.497 e. The number of ether oxygens (including phenoxy) is 2. The first-order chi connectivity index (χ1) is 11.2. The van der Waals surface area contributed by atoms with Gasteiger partial charge in [0.2, 0.25) is 0 Å². The lowest BCUT2D eigenvalue weighted by atomic mass is 10.2. The van der Waals surface area contributed by atoms with E-state index < -0.39 is 0 Å². The Morgan fingerprint density at radius 1 is 1.26 bits per heavy atom. The van der Waals surface area contributed by atoms with Crippen LogP contribution in [0.4, 0.5) is 11.5 Å². The molecule has 0 saturated heterocycles. The van der Waals surface area contributed by atoms with Crippen molar-refractivity contribution in [3.63, 3.8) is 0 Å². The maximum atomic E-state index is 11.8. The van der Waals surface area contributed by atoms with Gasteiger partial charge in [-0.05, 0) is 24.3 Å². The largest absolute Gasteiger partial charge is 0.497 e. The predicted octanol–water partition coefficient (Wildman–Crippen LogP) is 2.76. The number of methoxy groups -OCH3 is 2. The van der Waals surface area contributed by atoms with Crippen LogP contribution in [0.1, 0.15) is 10.4 Å². The highest BCUT2D eigenvalue weighted by Gasteiger charge is 2.08. The van der Waals surface area contributed by atoms with Crippen molar-refractivity contribution in [1.29, 1.82) is 0 Å². The van der Waals surface area contributed by atoms with Crippen molar-refractivity contribution >= 4 is 17.4 Å². The second kappa shape index (κ2) is 7.84. The molecule has 0 spiro atoms. The fraction of sp³-hybridized carbons (Fsp3) is 0.176. The van der Waals surface area contributed by atoms with E-state index in [1.807, 2.05) is 12.1 Å². The number of anilines is 2. The highest BCUT2D eigenvalue weighted by Crippen LogP contribution is 2.30. The molecule has 1 heterocycles. The Morgan fingerprint density at radius 3 is 2.70 bits per heavy atom. The molecule has 120 valence electrons. The molecule has 0 saturated carbocycles. The van der Waals surface area contributed by atoms with Gasteiger partial charge in [-0.2, -0.15) is 0 Å². The second-order valence-corrected chi connectivity index (χ2v) is 4.62. The van der Waals surface area contributed by atoms with Crippen molar-refractivity contribution in [2.45, 2.75) is 0 Å². The standard InChI is InChI=1S/C17H19N3O3/c1-4-9-18-17(21)12-5-8-16(19-11-12)20-14-10-13(22-2)6-7-15(14)23-3/h4-8,10-11H,1,9H2,2-3H3,(H,18,21)(H,19,20).